The summed E-state index contributed by atoms with van der Waals surface area (Å²) in [6, 6.07) is 23.2. The molecular formula is C32H34FN5O. The summed E-state index contributed by atoms with van der Waals surface area (Å²) in [5.41, 5.74) is 6.25. The fourth-order valence-corrected chi connectivity index (χ4v) is 4.87. The fourth-order valence-electron chi connectivity index (χ4n) is 4.87. The van der Waals surface area contributed by atoms with Crippen molar-refractivity contribution in [1.82, 2.24) is 14.9 Å². The number of nitrogens with zero attached hydrogens (tertiary/aromatic N) is 4. The van der Waals surface area contributed by atoms with E-state index in [0.717, 1.165) is 53.6 Å². The Morgan fingerprint density at radius 1 is 1.10 bits per heavy atom. The van der Waals surface area contributed by atoms with Gasteiger partial charge in [0.2, 0.25) is 0 Å². The highest BCUT2D eigenvalue weighted by atomic mass is 19.1. The molecule has 0 radical (unpaired) electrons. The van der Waals surface area contributed by atoms with Crippen LogP contribution in [0, 0.1) is 12.7 Å². The maximum absolute atomic E-state index is 13.5. The predicted molar refractivity (Wildman–Crippen MR) is 156 cm³/mol. The van der Waals surface area contributed by atoms with E-state index in [9.17, 15) is 4.39 Å². The van der Waals surface area contributed by atoms with Crippen molar-refractivity contribution in [2.24, 2.45) is 4.99 Å². The van der Waals surface area contributed by atoms with Gasteiger partial charge in [-0.15, -0.1) is 0 Å². The first kappa shape index (κ1) is 26.2. The number of likely N-dealkylation sites (N-methyl/N-ethyl adjacent to an activating group) is 1. The number of aliphatic imine (C=N–C) groups is 1. The lowest BCUT2D eigenvalue weighted by Crippen LogP contribution is -2.38. The number of aryl methyl sites for hydroxylation is 1. The standard InChI is InChI=1S/C32H34FN5O/c1-23-20-38(22-35-23)30-16-11-24(19-31(30)39-3)18-26-10-7-17-34-32(26)36-29(25-8-5-4-6-9-25)21-37(2)28-14-12-27(33)13-15-28/h4-6,8-9,11-16,18-20,22,29H,7,10,17,21H2,1-3H3,(H,34,36)/b26-18+. The van der Waals surface area contributed by atoms with E-state index < -0.39 is 0 Å². The molecule has 4 aromatic rings. The molecule has 5 rings (SSSR count). The molecule has 0 spiro atoms. The third kappa shape index (κ3) is 6.37. The summed E-state index contributed by atoms with van der Waals surface area (Å²) in [6.45, 7) is 3.45. The molecular weight excluding hydrogens is 489 g/mol. The first-order chi connectivity index (χ1) is 19.0. The molecule has 0 fully saturated rings. The van der Waals surface area contributed by atoms with Crippen LogP contribution in [0.25, 0.3) is 11.8 Å². The normalized spacial score (nSPS) is 15.1. The molecule has 7 heteroatoms. The topological polar surface area (TPSA) is 54.7 Å². The second-order valence-corrected chi connectivity index (χ2v) is 9.82. The van der Waals surface area contributed by atoms with Crippen LogP contribution in [0.1, 0.15) is 35.7 Å². The van der Waals surface area contributed by atoms with Crippen LogP contribution in [0.15, 0.2) is 95.9 Å². The van der Waals surface area contributed by atoms with Crippen molar-refractivity contribution in [1.29, 1.82) is 0 Å². The average molecular weight is 524 g/mol. The third-order valence-corrected chi connectivity index (χ3v) is 6.95. The molecule has 3 aromatic carbocycles. The van der Waals surface area contributed by atoms with Crippen LogP contribution in [-0.4, -0.2) is 42.6 Å². The molecule has 200 valence electrons. The van der Waals surface area contributed by atoms with E-state index in [-0.39, 0.29) is 11.9 Å². The molecule has 39 heavy (non-hydrogen) atoms. The highest BCUT2D eigenvalue weighted by Gasteiger charge is 2.20. The molecule has 1 atom stereocenters. The number of aromatic nitrogens is 2. The van der Waals surface area contributed by atoms with Crippen LogP contribution in [0.5, 0.6) is 5.75 Å². The zero-order valence-corrected chi connectivity index (χ0v) is 22.6. The number of anilines is 1. The highest BCUT2D eigenvalue weighted by Crippen LogP contribution is 2.28. The van der Waals surface area contributed by atoms with Gasteiger partial charge in [-0.2, -0.15) is 0 Å². The van der Waals surface area contributed by atoms with Gasteiger partial charge in [-0.05, 0) is 78.9 Å². The Morgan fingerprint density at radius 2 is 1.90 bits per heavy atom. The Kier molecular flexibility index (Phi) is 8.06. The minimum atomic E-state index is -0.235. The molecule has 1 unspecified atom stereocenters. The first-order valence-electron chi connectivity index (χ1n) is 13.2. The molecule has 0 amide bonds. The first-order valence-corrected chi connectivity index (χ1v) is 13.2. The molecule has 1 aliphatic rings. The van der Waals surface area contributed by atoms with Gasteiger partial charge in [0.05, 0.1) is 30.9 Å². The van der Waals surface area contributed by atoms with Crippen molar-refractivity contribution < 1.29 is 9.13 Å². The number of nitrogens with one attached hydrogen (secondary N) is 1. The van der Waals surface area contributed by atoms with Gasteiger partial charge in [-0.25, -0.2) is 9.37 Å². The van der Waals surface area contributed by atoms with E-state index in [1.54, 1.807) is 13.4 Å². The number of hydrogen-bond donors (Lipinski definition) is 1. The summed E-state index contributed by atoms with van der Waals surface area (Å²) in [4.78, 5) is 11.4. The Bertz CT molecular complexity index is 1460. The van der Waals surface area contributed by atoms with E-state index in [4.69, 9.17) is 9.73 Å². The smallest absolute Gasteiger partial charge is 0.143 e. The highest BCUT2D eigenvalue weighted by molar-refractivity contribution is 6.03. The fraction of sp³-hybridized carbons (Fsp3) is 0.250. The molecule has 0 aliphatic carbocycles. The monoisotopic (exact) mass is 523 g/mol. The molecule has 0 saturated heterocycles. The predicted octanol–water partition coefficient (Wildman–Crippen LogP) is 6.37. The van der Waals surface area contributed by atoms with E-state index >= 15 is 0 Å². The number of imidazole rings is 1. The summed E-state index contributed by atoms with van der Waals surface area (Å²) in [6.07, 6.45) is 7.92. The second kappa shape index (κ2) is 12.0. The molecule has 0 saturated carbocycles. The number of rotatable bonds is 8. The van der Waals surface area contributed by atoms with Gasteiger partial charge in [0.25, 0.3) is 0 Å². The van der Waals surface area contributed by atoms with E-state index in [0.29, 0.717) is 6.54 Å². The Labute approximate surface area is 229 Å². The Balaban J connectivity index is 1.41. The van der Waals surface area contributed by atoms with Crippen molar-refractivity contribution in [2.75, 3.05) is 32.1 Å². The maximum atomic E-state index is 13.5. The summed E-state index contributed by atoms with van der Waals surface area (Å²) < 4.78 is 21.2. The van der Waals surface area contributed by atoms with Crippen molar-refractivity contribution in [3.05, 3.63) is 114 Å². The van der Waals surface area contributed by atoms with E-state index in [1.165, 1.54) is 23.3 Å². The van der Waals surface area contributed by atoms with Crippen LogP contribution < -0.4 is 15.0 Å². The Morgan fingerprint density at radius 3 is 2.62 bits per heavy atom. The van der Waals surface area contributed by atoms with Crippen molar-refractivity contribution in [3.63, 3.8) is 0 Å². The van der Waals surface area contributed by atoms with Gasteiger partial charge in [0.1, 0.15) is 17.4 Å². The average Bonchev–Trinajstić information content (AvgIpc) is 3.40. The summed E-state index contributed by atoms with van der Waals surface area (Å²) in [5.74, 6) is 1.46. The van der Waals surface area contributed by atoms with Gasteiger partial charge in [-0.1, -0.05) is 36.4 Å². The van der Waals surface area contributed by atoms with Gasteiger partial charge in [-0.3, -0.25) is 4.99 Å². The number of amidine groups is 1. The van der Waals surface area contributed by atoms with Gasteiger partial charge in [0.15, 0.2) is 0 Å². The largest absolute Gasteiger partial charge is 0.495 e. The second-order valence-electron chi connectivity index (χ2n) is 9.82. The van der Waals surface area contributed by atoms with Crippen LogP contribution in [0.2, 0.25) is 0 Å². The summed E-state index contributed by atoms with van der Waals surface area (Å²) in [5, 5.41) is 3.75. The lowest BCUT2D eigenvalue weighted by Gasteiger charge is -2.29. The number of ether oxygens (including phenoxy) is 1. The van der Waals surface area contributed by atoms with Crippen molar-refractivity contribution in [2.45, 2.75) is 25.8 Å². The zero-order chi connectivity index (χ0) is 27.2. The molecule has 1 N–H and O–H groups in total. The van der Waals surface area contributed by atoms with Crippen LogP contribution in [0.3, 0.4) is 0 Å². The van der Waals surface area contributed by atoms with Gasteiger partial charge in [0, 0.05) is 32.0 Å². The van der Waals surface area contributed by atoms with Crippen LogP contribution >= 0.6 is 0 Å². The van der Waals surface area contributed by atoms with Gasteiger partial charge < -0.3 is 19.5 Å². The molecule has 1 aliphatic heterocycles. The minimum Gasteiger partial charge on any atom is -0.495 e. The molecule has 0 bridgehead atoms. The minimum absolute atomic E-state index is 0.0112. The van der Waals surface area contributed by atoms with Crippen LogP contribution in [0.4, 0.5) is 10.1 Å². The summed E-state index contributed by atoms with van der Waals surface area (Å²) in [7, 11) is 3.72. The third-order valence-electron chi connectivity index (χ3n) is 6.95. The van der Waals surface area contributed by atoms with Gasteiger partial charge >= 0.3 is 0 Å². The van der Waals surface area contributed by atoms with Crippen LogP contribution in [-0.2, 0) is 0 Å². The number of benzene rings is 3. The zero-order valence-electron chi connectivity index (χ0n) is 22.6. The van der Waals surface area contributed by atoms with E-state index in [2.05, 4.69) is 63.7 Å². The number of hydrogen-bond acceptors (Lipinski definition) is 5. The quantitative estimate of drug-likeness (QED) is 0.292. The SMILES string of the molecule is COc1cc(/C=C2\CCCN=C2NC(CN(C)c2ccc(F)cc2)c2ccccc2)ccc1-n1cnc(C)c1. The summed E-state index contributed by atoms with van der Waals surface area (Å²) >= 11 is 0. The molecule has 2 heterocycles. The lowest BCUT2D eigenvalue weighted by molar-refractivity contribution is 0.413. The number of halogens is 1. The number of methoxy groups -OCH3 is 1. The van der Waals surface area contributed by atoms with Crippen molar-refractivity contribution >= 4 is 17.6 Å². The molecule has 1 aromatic heterocycles. The molecule has 6 nitrogen and oxygen atoms in total. The van der Waals surface area contributed by atoms with E-state index in [1.807, 2.05) is 42.9 Å². The van der Waals surface area contributed by atoms with Crippen molar-refractivity contribution in [3.8, 4) is 11.4 Å². The maximum Gasteiger partial charge on any atom is 0.143 e. The lowest BCUT2D eigenvalue weighted by atomic mass is 10.00. The Hall–Kier alpha value is -4.39.